The Morgan fingerprint density at radius 2 is 1.76 bits per heavy atom. The van der Waals surface area contributed by atoms with Gasteiger partial charge in [0.2, 0.25) is 0 Å². The largest absolute Gasteiger partial charge is 0.332 e. The van der Waals surface area contributed by atoms with Crippen molar-refractivity contribution in [3.05, 3.63) is 56.2 Å². The van der Waals surface area contributed by atoms with Gasteiger partial charge < -0.3 is 4.57 Å². The molecule has 3 rings (SSSR count). The van der Waals surface area contributed by atoms with E-state index in [2.05, 4.69) is 18.8 Å². The van der Waals surface area contributed by atoms with Crippen LogP contribution in [0.15, 0.2) is 39.0 Å². The third-order valence-electron chi connectivity index (χ3n) is 4.95. The molecule has 0 radical (unpaired) electrons. The molecule has 0 spiro atoms. The normalized spacial score (nSPS) is 11.5. The standard InChI is InChI=1S/C21H26N4O3S/c1-13(2)10-11-25-19(27)17-18(24(5)21(25)28)22-20(23(17)4)29-12-16(26)15-8-6-14(3)7-9-15/h6-9,13H,10-12H2,1-5H3. The zero-order chi connectivity index (χ0) is 21.3. The number of rotatable bonds is 7. The van der Waals surface area contributed by atoms with E-state index in [-0.39, 0.29) is 22.8 Å². The smallest absolute Gasteiger partial charge is 0.316 e. The van der Waals surface area contributed by atoms with Gasteiger partial charge >= 0.3 is 5.69 Å². The van der Waals surface area contributed by atoms with E-state index in [1.807, 2.05) is 31.2 Å². The molecule has 0 saturated carbocycles. The van der Waals surface area contributed by atoms with E-state index in [4.69, 9.17) is 0 Å². The van der Waals surface area contributed by atoms with Gasteiger partial charge in [0.25, 0.3) is 5.56 Å². The van der Waals surface area contributed by atoms with Crippen LogP contribution in [0.25, 0.3) is 11.2 Å². The van der Waals surface area contributed by atoms with Gasteiger partial charge in [-0.05, 0) is 19.3 Å². The van der Waals surface area contributed by atoms with Gasteiger partial charge in [-0.15, -0.1) is 0 Å². The highest BCUT2D eigenvalue weighted by Gasteiger charge is 2.19. The van der Waals surface area contributed by atoms with Crippen molar-refractivity contribution in [3.63, 3.8) is 0 Å². The van der Waals surface area contributed by atoms with Gasteiger partial charge in [0.15, 0.2) is 22.1 Å². The Balaban J connectivity index is 1.93. The molecule has 29 heavy (non-hydrogen) atoms. The fourth-order valence-electron chi connectivity index (χ4n) is 3.09. The maximum absolute atomic E-state index is 13.0. The molecule has 8 heteroatoms. The molecule has 0 atom stereocenters. The van der Waals surface area contributed by atoms with Crippen LogP contribution in [0.1, 0.15) is 36.2 Å². The highest BCUT2D eigenvalue weighted by Crippen LogP contribution is 2.21. The maximum Gasteiger partial charge on any atom is 0.332 e. The predicted octanol–water partition coefficient (Wildman–Crippen LogP) is 2.76. The summed E-state index contributed by atoms with van der Waals surface area (Å²) in [5.74, 6) is 0.577. The molecule has 154 valence electrons. The van der Waals surface area contributed by atoms with E-state index >= 15 is 0 Å². The van der Waals surface area contributed by atoms with Crippen molar-refractivity contribution in [2.45, 2.75) is 38.9 Å². The predicted molar refractivity (Wildman–Crippen MR) is 116 cm³/mol. The van der Waals surface area contributed by atoms with Gasteiger partial charge in [0.05, 0.1) is 5.75 Å². The Morgan fingerprint density at radius 1 is 1.10 bits per heavy atom. The first kappa shape index (κ1) is 21.1. The number of hydrogen-bond donors (Lipinski definition) is 0. The lowest BCUT2D eigenvalue weighted by molar-refractivity contribution is 0.102. The molecule has 3 aromatic rings. The molecule has 0 unspecified atom stereocenters. The summed E-state index contributed by atoms with van der Waals surface area (Å²) >= 11 is 1.27. The number of hydrogen-bond acceptors (Lipinski definition) is 5. The number of aryl methyl sites for hydroxylation is 3. The van der Waals surface area contributed by atoms with Gasteiger partial charge in [0, 0.05) is 26.2 Å². The van der Waals surface area contributed by atoms with Crippen LogP contribution < -0.4 is 11.2 Å². The summed E-state index contributed by atoms with van der Waals surface area (Å²) in [7, 11) is 3.36. The number of fused-ring (bicyclic) bond motifs is 1. The number of Topliss-reactive ketones (excluding diaryl/α,β-unsaturated/α-hetero) is 1. The topological polar surface area (TPSA) is 78.9 Å². The lowest BCUT2D eigenvalue weighted by atomic mass is 10.1. The molecule has 0 saturated heterocycles. The minimum atomic E-state index is -0.367. The number of carbonyl (C=O) groups excluding carboxylic acids is 1. The highest BCUT2D eigenvalue weighted by atomic mass is 32.2. The summed E-state index contributed by atoms with van der Waals surface area (Å²) in [4.78, 5) is 42.5. The van der Waals surface area contributed by atoms with Crippen molar-refractivity contribution in [1.82, 2.24) is 18.7 Å². The zero-order valence-electron chi connectivity index (χ0n) is 17.4. The molecule has 0 aliphatic carbocycles. The van der Waals surface area contributed by atoms with Gasteiger partial charge in [-0.1, -0.05) is 55.4 Å². The van der Waals surface area contributed by atoms with Gasteiger partial charge in [-0.25, -0.2) is 9.78 Å². The van der Waals surface area contributed by atoms with E-state index in [1.54, 1.807) is 18.7 Å². The Bertz CT molecular complexity index is 1170. The van der Waals surface area contributed by atoms with Crippen LogP contribution in [0, 0.1) is 12.8 Å². The molecule has 0 bridgehead atoms. The number of benzene rings is 1. The molecule has 2 heterocycles. The Labute approximate surface area is 173 Å². The lowest BCUT2D eigenvalue weighted by Crippen LogP contribution is -2.39. The van der Waals surface area contributed by atoms with Crippen LogP contribution in [0.3, 0.4) is 0 Å². The third kappa shape index (κ3) is 4.22. The summed E-state index contributed by atoms with van der Waals surface area (Å²) in [5.41, 5.74) is 1.75. The second-order valence-electron chi connectivity index (χ2n) is 7.68. The number of imidazole rings is 1. The quantitative estimate of drug-likeness (QED) is 0.439. The van der Waals surface area contributed by atoms with Crippen molar-refractivity contribution >= 4 is 28.7 Å². The first-order valence-corrected chi connectivity index (χ1v) is 10.6. The van der Waals surface area contributed by atoms with Gasteiger partial charge in [0.1, 0.15) is 0 Å². The van der Waals surface area contributed by atoms with E-state index in [1.165, 1.54) is 20.9 Å². The van der Waals surface area contributed by atoms with Crippen molar-refractivity contribution < 1.29 is 4.79 Å². The van der Waals surface area contributed by atoms with E-state index in [0.29, 0.717) is 34.3 Å². The van der Waals surface area contributed by atoms with Crippen molar-refractivity contribution in [2.75, 3.05) is 5.75 Å². The van der Waals surface area contributed by atoms with Gasteiger partial charge in [-0.2, -0.15) is 0 Å². The molecular formula is C21H26N4O3S. The number of thioether (sulfide) groups is 1. The average Bonchev–Trinajstić information content (AvgIpc) is 3.01. The summed E-state index contributed by atoms with van der Waals surface area (Å²) < 4.78 is 4.36. The first-order chi connectivity index (χ1) is 13.7. The minimum absolute atomic E-state index is 0.00899. The SMILES string of the molecule is Cc1ccc(C(=O)CSc2nc3c(c(=O)n(CCC(C)C)c(=O)n3C)n2C)cc1. The molecule has 0 aliphatic heterocycles. The Morgan fingerprint density at radius 3 is 2.38 bits per heavy atom. The summed E-state index contributed by atoms with van der Waals surface area (Å²) in [6.07, 6.45) is 0.741. The lowest BCUT2D eigenvalue weighted by Gasteiger charge is -2.09. The average molecular weight is 415 g/mol. The molecule has 0 fully saturated rings. The van der Waals surface area contributed by atoms with Crippen molar-refractivity contribution in [3.8, 4) is 0 Å². The number of nitrogens with zero attached hydrogens (tertiary/aromatic N) is 4. The maximum atomic E-state index is 13.0. The molecule has 0 amide bonds. The fourth-order valence-corrected chi connectivity index (χ4v) is 3.95. The van der Waals surface area contributed by atoms with Crippen LogP contribution >= 0.6 is 11.8 Å². The Kier molecular flexibility index (Phi) is 6.12. The first-order valence-electron chi connectivity index (χ1n) is 9.59. The Hall–Kier alpha value is -2.61. The van der Waals surface area contributed by atoms with Crippen molar-refractivity contribution in [1.29, 1.82) is 0 Å². The van der Waals surface area contributed by atoms with Gasteiger partial charge in [-0.3, -0.25) is 18.7 Å². The van der Waals surface area contributed by atoms with Crippen LogP contribution in [-0.4, -0.2) is 30.2 Å². The molecule has 2 aromatic heterocycles. The summed E-state index contributed by atoms with van der Waals surface area (Å²) in [5, 5.41) is 0.536. The minimum Gasteiger partial charge on any atom is -0.316 e. The van der Waals surface area contributed by atoms with Crippen molar-refractivity contribution in [2.24, 2.45) is 20.0 Å². The zero-order valence-corrected chi connectivity index (χ0v) is 18.2. The van der Waals surface area contributed by atoms with E-state index in [9.17, 15) is 14.4 Å². The van der Waals surface area contributed by atoms with Crippen LogP contribution in [-0.2, 0) is 20.6 Å². The number of aromatic nitrogens is 4. The van der Waals surface area contributed by atoms with Crippen LogP contribution in [0.5, 0.6) is 0 Å². The van der Waals surface area contributed by atoms with E-state index in [0.717, 1.165) is 12.0 Å². The molecule has 0 aliphatic rings. The molecular weight excluding hydrogens is 388 g/mol. The summed E-state index contributed by atoms with van der Waals surface area (Å²) in [6.45, 7) is 6.45. The summed E-state index contributed by atoms with van der Waals surface area (Å²) in [6, 6.07) is 7.43. The molecule has 1 aromatic carbocycles. The number of carbonyl (C=O) groups is 1. The van der Waals surface area contributed by atoms with E-state index < -0.39 is 0 Å². The molecule has 0 N–H and O–H groups in total. The van der Waals surface area contributed by atoms with Crippen LogP contribution in [0.4, 0.5) is 0 Å². The fraction of sp³-hybridized carbons (Fsp3) is 0.429. The second-order valence-corrected chi connectivity index (χ2v) is 8.63. The highest BCUT2D eigenvalue weighted by molar-refractivity contribution is 7.99. The third-order valence-corrected chi connectivity index (χ3v) is 5.98. The molecule has 7 nitrogen and oxygen atoms in total. The monoisotopic (exact) mass is 414 g/mol. The number of ketones is 1. The van der Waals surface area contributed by atoms with Crippen LogP contribution in [0.2, 0.25) is 0 Å². The second kappa shape index (κ2) is 8.41.